The van der Waals surface area contributed by atoms with E-state index in [2.05, 4.69) is 54.4 Å². The molecule has 0 atom stereocenters. The first-order chi connectivity index (χ1) is 4.33. The van der Waals surface area contributed by atoms with Gasteiger partial charge in [-0.25, -0.2) is 0 Å². The maximum Gasteiger partial charge on any atom is 0.425 e. The van der Waals surface area contributed by atoms with Gasteiger partial charge in [0.25, 0.3) is 0 Å². The van der Waals surface area contributed by atoms with Crippen LogP contribution in [-0.2, 0) is 0 Å². The third kappa shape index (κ3) is 25.6. The minimum absolute atomic E-state index is 0.357. The summed E-state index contributed by atoms with van der Waals surface area (Å²) in [7, 11) is 0.357. The Hall–Kier alpha value is 1.99. The molecule has 0 unspecified atom stereocenters. The standard InChI is InChI=1S/C6H13.Al.2HI.H/c1-3-5-6-4-2;;;;/h1,3-6H2,2H3;;2*1H;/q;+2;;;/p-2. The Morgan fingerprint density at radius 3 is 1.89 bits per heavy atom. The summed E-state index contributed by atoms with van der Waals surface area (Å²) in [6, 6.07) is 0. The zero-order valence-corrected chi connectivity index (χ0v) is 11.7. The van der Waals surface area contributed by atoms with Crippen LogP contribution in [0.3, 0.4) is 0 Å². The van der Waals surface area contributed by atoms with E-state index >= 15 is 0 Å². The normalized spacial score (nSPS) is 7.56. The van der Waals surface area contributed by atoms with Gasteiger partial charge in [0.2, 0.25) is 0 Å². The predicted octanol–water partition coefficient (Wildman–Crippen LogP) is 3.52. The molecule has 0 aromatic carbocycles. The molecule has 9 heavy (non-hydrogen) atoms. The molecule has 0 spiro atoms. The van der Waals surface area contributed by atoms with E-state index in [0.717, 1.165) is 6.42 Å². The number of halogens is 2. The van der Waals surface area contributed by atoms with Gasteiger partial charge in [-0.1, -0.05) is 39.5 Å². The quantitative estimate of drug-likeness (QED) is 0.407. The van der Waals surface area contributed by atoms with Crippen molar-refractivity contribution in [3.8, 4) is 0 Å². The SMILES string of the molecule is [CH2]CCCCC.[I][AlH][I]. The van der Waals surface area contributed by atoms with Crippen molar-refractivity contribution in [1.29, 1.82) is 0 Å². The maximum absolute atomic E-state index is 3.72. The number of hydrogen-bond acceptors (Lipinski definition) is 0. The third-order valence-corrected chi connectivity index (χ3v) is 0.854. The van der Waals surface area contributed by atoms with Crippen molar-refractivity contribution in [2.24, 2.45) is 0 Å². The molecule has 0 aliphatic carbocycles. The van der Waals surface area contributed by atoms with Gasteiger partial charge in [0.1, 0.15) is 0 Å². The molecule has 0 N–H and O–H groups in total. The summed E-state index contributed by atoms with van der Waals surface area (Å²) in [5.74, 6) is 0. The summed E-state index contributed by atoms with van der Waals surface area (Å²) in [6.07, 6.45) is 5.07. The lowest BCUT2D eigenvalue weighted by Gasteiger charge is -1.86. The Morgan fingerprint density at radius 1 is 1.33 bits per heavy atom. The molecule has 0 aliphatic rings. The van der Waals surface area contributed by atoms with Crippen LogP contribution in [0.25, 0.3) is 0 Å². The van der Waals surface area contributed by atoms with Crippen LogP contribution in [0.4, 0.5) is 0 Å². The maximum atomic E-state index is 3.72. The van der Waals surface area contributed by atoms with E-state index in [1.807, 2.05) is 0 Å². The lowest BCUT2D eigenvalue weighted by molar-refractivity contribution is 0.728. The van der Waals surface area contributed by atoms with E-state index < -0.39 is 0 Å². The highest BCUT2D eigenvalue weighted by atomic mass is 127. The topological polar surface area (TPSA) is 0 Å². The molecule has 0 amide bonds. The molecule has 0 aromatic rings. The fourth-order valence-electron chi connectivity index (χ4n) is 0.427. The molecule has 55 valence electrons. The van der Waals surface area contributed by atoms with E-state index in [0.29, 0.717) is 8.65 Å². The molecule has 0 saturated carbocycles. The molecular weight excluding hydrogens is 353 g/mol. The van der Waals surface area contributed by atoms with Gasteiger partial charge in [-0.3, -0.25) is 0 Å². The molecule has 0 nitrogen and oxygen atoms in total. The van der Waals surface area contributed by atoms with E-state index in [4.69, 9.17) is 0 Å². The van der Waals surface area contributed by atoms with Gasteiger partial charge >= 0.3 is 8.65 Å². The van der Waals surface area contributed by atoms with Crippen LogP contribution in [0, 0.1) is 6.92 Å². The molecule has 0 heterocycles. The first-order valence-electron chi connectivity index (χ1n) is 3.24. The minimum Gasteiger partial charge on any atom is -0.197 e. The van der Waals surface area contributed by atoms with Crippen molar-refractivity contribution < 1.29 is 0 Å². The van der Waals surface area contributed by atoms with Crippen LogP contribution in [-0.4, -0.2) is 8.65 Å². The first-order valence-corrected chi connectivity index (χ1v) is 13.5. The van der Waals surface area contributed by atoms with Crippen molar-refractivity contribution >= 4 is 49.2 Å². The van der Waals surface area contributed by atoms with Crippen molar-refractivity contribution in [2.45, 2.75) is 32.6 Å². The molecule has 0 aliphatic heterocycles. The summed E-state index contributed by atoms with van der Waals surface area (Å²) < 4.78 is 0. The second-order valence-electron chi connectivity index (χ2n) is 1.66. The second-order valence-corrected chi connectivity index (χ2v) is 15.2. The summed E-state index contributed by atoms with van der Waals surface area (Å²) in [5, 5.41) is 0. The molecule has 0 aromatic heterocycles. The van der Waals surface area contributed by atoms with Gasteiger partial charge in [-0.2, -0.15) is 40.5 Å². The van der Waals surface area contributed by atoms with Crippen LogP contribution in [0.1, 0.15) is 32.6 Å². The summed E-state index contributed by atoms with van der Waals surface area (Å²) in [6.45, 7) is 5.93. The number of hydrogen-bond donors (Lipinski definition) is 0. The highest BCUT2D eigenvalue weighted by molar-refractivity contribution is 14.3. The van der Waals surface area contributed by atoms with Crippen LogP contribution in [0.5, 0.6) is 0 Å². The lowest BCUT2D eigenvalue weighted by Crippen LogP contribution is -1.66. The monoisotopic (exact) mass is 367 g/mol. The first kappa shape index (κ1) is 13.6. The largest absolute Gasteiger partial charge is 0.425 e. The molecule has 0 fully saturated rings. The van der Waals surface area contributed by atoms with E-state index in [-0.39, 0.29) is 0 Å². The lowest BCUT2D eigenvalue weighted by atomic mass is 10.2. The summed E-state index contributed by atoms with van der Waals surface area (Å²) in [5.41, 5.74) is 0. The zero-order valence-electron chi connectivity index (χ0n) is 6.00. The average Bonchev–Trinajstić information content (AvgIpc) is 1.86. The number of unbranched alkanes of at least 4 members (excludes halogenated alkanes) is 3. The van der Waals surface area contributed by atoms with Gasteiger partial charge in [0, 0.05) is 0 Å². The average molecular weight is 367 g/mol. The van der Waals surface area contributed by atoms with Gasteiger partial charge in [-0.05, 0) is 0 Å². The Balaban J connectivity index is 0. The third-order valence-electron chi connectivity index (χ3n) is 0.854. The second kappa shape index (κ2) is 16.5. The smallest absolute Gasteiger partial charge is 0.197 e. The molecule has 0 saturated heterocycles. The Kier molecular flexibility index (Phi) is 24.9. The molecule has 0 rings (SSSR count). The Labute approximate surface area is 87.6 Å². The molecule has 0 bridgehead atoms. The van der Waals surface area contributed by atoms with Crippen molar-refractivity contribution in [3.05, 3.63) is 6.92 Å². The molecule has 3 heteroatoms. The van der Waals surface area contributed by atoms with Crippen molar-refractivity contribution in [3.63, 3.8) is 0 Å². The van der Waals surface area contributed by atoms with E-state index in [1.54, 1.807) is 0 Å². The fraction of sp³-hybridized carbons (Fsp3) is 0.833. The van der Waals surface area contributed by atoms with Crippen LogP contribution in [0.15, 0.2) is 0 Å². The van der Waals surface area contributed by atoms with E-state index in [1.165, 1.54) is 19.3 Å². The Bertz CT molecular complexity index is 30.2. The fourth-order valence-corrected chi connectivity index (χ4v) is 0.427. The van der Waals surface area contributed by atoms with Gasteiger partial charge < -0.3 is 0 Å². The zero-order chi connectivity index (χ0) is 7.54. The van der Waals surface area contributed by atoms with Crippen LogP contribution >= 0.6 is 40.5 Å². The highest BCUT2D eigenvalue weighted by Crippen LogP contribution is 1.95. The summed E-state index contributed by atoms with van der Waals surface area (Å²) in [4.78, 5) is 0. The Morgan fingerprint density at radius 2 is 1.78 bits per heavy atom. The number of rotatable bonds is 3. The van der Waals surface area contributed by atoms with Crippen molar-refractivity contribution in [1.82, 2.24) is 0 Å². The molecular formula is C6H14AlI2. The molecule has 1 radical (unpaired) electrons. The van der Waals surface area contributed by atoms with Gasteiger partial charge in [-0.15, -0.1) is 0 Å². The predicted molar refractivity (Wildman–Crippen MR) is 64.7 cm³/mol. The summed E-state index contributed by atoms with van der Waals surface area (Å²) >= 11 is 4.83. The van der Waals surface area contributed by atoms with Crippen LogP contribution < -0.4 is 0 Å². The van der Waals surface area contributed by atoms with Crippen LogP contribution in [0.2, 0.25) is 0 Å². The van der Waals surface area contributed by atoms with Gasteiger partial charge in [0.05, 0.1) is 0 Å². The van der Waals surface area contributed by atoms with Gasteiger partial charge in [0.15, 0.2) is 0 Å². The highest BCUT2D eigenvalue weighted by Gasteiger charge is 1.75. The minimum atomic E-state index is 0.357. The van der Waals surface area contributed by atoms with Crippen molar-refractivity contribution in [2.75, 3.05) is 0 Å². The van der Waals surface area contributed by atoms with E-state index in [9.17, 15) is 0 Å².